The normalized spacial score (nSPS) is 11.4. The van der Waals surface area contributed by atoms with Gasteiger partial charge in [-0.3, -0.25) is 10.1 Å². The van der Waals surface area contributed by atoms with Crippen LogP contribution in [-0.2, 0) is 0 Å². The minimum Gasteiger partial charge on any atom is -0.258 e. The van der Waals surface area contributed by atoms with E-state index in [4.69, 9.17) is 10.1 Å². The van der Waals surface area contributed by atoms with E-state index in [0.29, 0.717) is 21.5 Å². The largest absolute Gasteiger partial charge is 0.269 e. The fraction of sp³-hybridized carbons (Fsp3) is 0.0435. The Hall–Kier alpha value is -4.24. The van der Waals surface area contributed by atoms with Crippen LogP contribution in [0.4, 0.5) is 16.4 Å². The molecule has 5 rings (SSSR count). The summed E-state index contributed by atoms with van der Waals surface area (Å²) in [6.45, 7) is 2.04. The topological polar surface area (TPSA) is 98.0 Å². The van der Waals surface area contributed by atoms with E-state index in [1.54, 1.807) is 16.6 Å². The number of aromatic nitrogens is 3. The Kier molecular flexibility index (Phi) is 5.00. The number of azo groups is 1. The molecule has 0 spiro atoms. The Morgan fingerprint density at radius 3 is 2.31 bits per heavy atom. The van der Waals surface area contributed by atoms with Crippen LogP contribution in [-0.4, -0.2) is 19.5 Å². The van der Waals surface area contributed by atoms with Crippen molar-refractivity contribution < 1.29 is 4.92 Å². The first-order chi connectivity index (χ1) is 15.6. The summed E-state index contributed by atoms with van der Waals surface area (Å²) < 4.78 is 1.79. The van der Waals surface area contributed by atoms with Crippen LogP contribution in [0.15, 0.2) is 89.1 Å². The molecule has 0 aliphatic rings. The summed E-state index contributed by atoms with van der Waals surface area (Å²) in [5, 5.41) is 24.9. The fourth-order valence-corrected chi connectivity index (χ4v) is 4.12. The predicted molar refractivity (Wildman–Crippen MR) is 124 cm³/mol. The van der Waals surface area contributed by atoms with Crippen molar-refractivity contribution in [1.82, 2.24) is 14.6 Å². The van der Waals surface area contributed by atoms with Gasteiger partial charge in [-0.2, -0.15) is 4.98 Å². The maximum absolute atomic E-state index is 10.8. The number of benzene rings is 3. The molecular formula is C23H16N6O2S. The smallest absolute Gasteiger partial charge is 0.258 e. The number of thiazole rings is 1. The third-order valence-corrected chi connectivity index (χ3v) is 5.77. The fourth-order valence-electron chi connectivity index (χ4n) is 3.21. The molecule has 0 N–H and O–H groups in total. The summed E-state index contributed by atoms with van der Waals surface area (Å²) in [6.07, 6.45) is 0. The zero-order valence-corrected chi connectivity index (χ0v) is 17.7. The highest BCUT2D eigenvalue weighted by Crippen LogP contribution is 2.39. The standard InChI is InChI=1S/C23H16N6O2S/c1-15-7-9-17(10-8-15)21-24-23-28(27-21)20(16-5-3-2-4-6-16)22(32-23)26-25-18-11-13-19(14-12-18)29(30)31/h2-14H,1H3. The summed E-state index contributed by atoms with van der Waals surface area (Å²) in [4.78, 5) is 15.8. The Balaban J connectivity index is 1.58. The van der Waals surface area contributed by atoms with Crippen molar-refractivity contribution >= 4 is 32.7 Å². The highest BCUT2D eigenvalue weighted by Gasteiger charge is 2.19. The van der Waals surface area contributed by atoms with Gasteiger partial charge in [0.15, 0.2) is 10.8 Å². The van der Waals surface area contributed by atoms with Crippen molar-refractivity contribution in [3.8, 4) is 22.6 Å². The molecule has 0 amide bonds. The van der Waals surface area contributed by atoms with Gasteiger partial charge in [0.25, 0.3) is 5.69 Å². The molecule has 9 heteroatoms. The van der Waals surface area contributed by atoms with E-state index in [9.17, 15) is 10.1 Å². The molecule has 0 saturated heterocycles. The monoisotopic (exact) mass is 440 g/mol. The molecule has 0 saturated carbocycles. The van der Waals surface area contributed by atoms with Crippen LogP contribution in [0.2, 0.25) is 0 Å². The Labute approximate surface area is 186 Å². The van der Waals surface area contributed by atoms with Crippen molar-refractivity contribution in [1.29, 1.82) is 0 Å². The lowest BCUT2D eigenvalue weighted by Crippen LogP contribution is -1.89. The second-order valence-electron chi connectivity index (χ2n) is 7.09. The number of non-ortho nitro benzene ring substituents is 1. The van der Waals surface area contributed by atoms with E-state index in [-0.39, 0.29) is 5.69 Å². The number of fused-ring (bicyclic) bond motifs is 1. The molecule has 0 atom stereocenters. The van der Waals surface area contributed by atoms with Gasteiger partial charge in [0.05, 0.1) is 10.6 Å². The van der Waals surface area contributed by atoms with Crippen LogP contribution in [0.1, 0.15) is 5.56 Å². The van der Waals surface area contributed by atoms with Crippen LogP contribution in [0.5, 0.6) is 0 Å². The van der Waals surface area contributed by atoms with Gasteiger partial charge >= 0.3 is 0 Å². The second-order valence-corrected chi connectivity index (χ2v) is 8.05. The summed E-state index contributed by atoms with van der Waals surface area (Å²) >= 11 is 1.39. The third kappa shape index (κ3) is 3.77. The zero-order chi connectivity index (χ0) is 22.1. The SMILES string of the molecule is Cc1ccc(-c2nc3sc(N=Nc4ccc([N+](=O)[O-])cc4)c(-c4ccccc4)n3n2)cc1. The zero-order valence-electron chi connectivity index (χ0n) is 16.9. The number of nitro benzene ring substituents is 1. The molecule has 0 aliphatic carbocycles. The number of aryl methyl sites for hydroxylation is 1. The average Bonchev–Trinajstić information content (AvgIpc) is 3.36. The molecule has 156 valence electrons. The summed E-state index contributed by atoms with van der Waals surface area (Å²) in [6, 6.07) is 23.8. The first kappa shape index (κ1) is 19.7. The molecule has 0 fully saturated rings. The molecule has 0 radical (unpaired) electrons. The van der Waals surface area contributed by atoms with Crippen LogP contribution >= 0.6 is 11.3 Å². The van der Waals surface area contributed by atoms with Crippen molar-refractivity contribution in [3.63, 3.8) is 0 Å². The van der Waals surface area contributed by atoms with E-state index in [1.807, 2.05) is 61.5 Å². The van der Waals surface area contributed by atoms with Gasteiger partial charge in [0.1, 0.15) is 5.69 Å². The van der Waals surface area contributed by atoms with Crippen LogP contribution in [0.25, 0.3) is 27.6 Å². The van der Waals surface area contributed by atoms with E-state index < -0.39 is 4.92 Å². The first-order valence-electron chi connectivity index (χ1n) is 9.77. The molecule has 0 unspecified atom stereocenters. The summed E-state index contributed by atoms with van der Waals surface area (Å²) in [7, 11) is 0. The maximum Gasteiger partial charge on any atom is 0.269 e. The van der Waals surface area contributed by atoms with Crippen molar-refractivity contribution in [2.45, 2.75) is 6.92 Å². The van der Waals surface area contributed by atoms with E-state index in [2.05, 4.69) is 10.2 Å². The number of rotatable bonds is 5. The van der Waals surface area contributed by atoms with Gasteiger partial charge < -0.3 is 0 Å². The second kappa shape index (κ2) is 8.12. The van der Waals surface area contributed by atoms with E-state index in [0.717, 1.165) is 16.8 Å². The number of hydrogen-bond acceptors (Lipinski definition) is 7. The van der Waals surface area contributed by atoms with Crippen LogP contribution in [0, 0.1) is 17.0 Å². The average molecular weight is 440 g/mol. The van der Waals surface area contributed by atoms with Gasteiger partial charge in [-0.25, -0.2) is 4.52 Å². The minimum atomic E-state index is -0.444. The predicted octanol–water partition coefficient (Wildman–Crippen LogP) is 6.76. The Bertz CT molecular complexity index is 1440. The van der Waals surface area contributed by atoms with E-state index >= 15 is 0 Å². The highest BCUT2D eigenvalue weighted by molar-refractivity contribution is 7.21. The van der Waals surface area contributed by atoms with Gasteiger partial charge in [0.2, 0.25) is 4.96 Å². The Morgan fingerprint density at radius 2 is 1.62 bits per heavy atom. The molecule has 0 aliphatic heterocycles. The summed E-state index contributed by atoms with van der Waals surface area (Å²) in [5.41, 5.74) is 4.39. The molecule has 0 bridgehead atoms. The van der Waals surface area contributed by atoms with Crippen LogP contribution < -0.4 is 0 Å². The first-order valence-corrected chi connectivity index (χ1v) is 10.6. The molecule has 2 aromatic heterocycles. The molecule has 3 aromatic carbocycles. The van der Waals surface area contributed by atoms with Gasteiger partial charge in [-0.05, 0) is 19.1 Å². The van der Waals surface area contributed by atoms with Gasteiger partial charge in [-0.1, -0.05) is 71.5 Å². The van der Waals surface area contributed by atoms with Crippen molar-refractivity contribution in [2.75, 3.05) is 0 Å². The van der Waals surface area contributed by atoms with E-state index in [1.165, 1.54) is 29.0 Å². The lowest BCUT2D eigenvalue weighted by molar-refractivity contribution is -0.384. The van der Waals surface area contributed by atoms with Gasteiger partial charge in [0, 0.05) is 23.3 Å². The lowest BCUT2D eigenvalue weighted by atomic mass is 10.1. The quantitative estimate of drug-likeness (QED) is 0.171. The van der Waals surface area contributed by atoms with Crippen LogP contribution in [0.3, 0.4) is 0 Å². The third-order valence-electron chi connectivity index (χ3n) is 4.85. The lowest BCUT2D eigenvalue weighted by Gasteiger charge is -2.01. The molecule has 32 heavy (non-hydrogen) atoms. The maximum atomic E-state index is 10.8. The summed E-state index contributed by atoms with van der Waals surface area (Å²) in [5.74, 6) is 0.646. The van der Waals surface area contributed by atoms with Gasteiger partial charge in [-0.15, -0.1) is 15.3 Å². The molecule has 8 nitrogen and oxygen atoms in total. The number of nitrogens with zero attached hydrogens (tertiary/aromatic N) is 6. The molecule has 2 heterocycles. The molecular weight excluding hydrogens is 424 g/mol. The number of nitro groups is 1. The Morgan fingerprint density at radius 1 is 0.906 bits per heavy atom. The van der Waals surface area contributed by atoms with Crippen molar-refractivity contribution in [2.24, 2.45) is 10.2 Å². The highest BCUT2D eigenvalue weighted by atomic mass is 32.1. The number of hydrogen-bond donors (Lipinski definition) is 0. The minimum absolute atomic E-state index is 0.0105. The van der Waals surface area contributed by atoms with Crippen molar-refractivity contribution in [3.05, 3.63) is 94.5 Å². The molecule has 5 aromatic rings.